The van der Waals surface area contributed by atoms with Crippen molar-refractivity contribution in [3.63, 3.8) is 0 Å². The average Bonchev–Trinajstić information content (AvgIpc) is 3.24. The first kappa shape index (κ1) is 34.1. The molecule has 4 rings (SSSR count). The molecule has 0 heterocycles. The number of hydrogen-bond acceptors (Lipinski definition) is 6. The summed E-state index contributed by atoms with van der Waals surface area (Å²) in [6, 6.07) is 0. The number of aliphatic hydroxyl groups excluding tert-OH is 3. The van der Waals surface area contributed by atoms with Gasteiger partial charge < -0.3 is 25.1 Å². The van der Waals surface area contributed by atoms with Gasteiger partial charge >= 0.3 is 0 Å². The van der Waals surface area contributed by atoms with E-state index in [9.17, 15) is 28.5 Å². The number of carbonyl (C=O) groups is 1. The quantitative estimate of drug-likeness (QED) is 0.129. The van der Waals surface area contributed by atoms with Gasteiger partial charge in [-0.2, -0.15) is 8.42 Å². The minimum Gasteiger partial charge on any atom is -0.393 e. The van der Waals surface area contributed by atoms with Crippen LogP contribution in [0, 0.1) is 46.3 Å². The van der Waals surface area contributed by atoms with Crippen LogP contribution in [0.3, 0.4) is 0 Å². The highest BCUT2D eigenvalue weighted by atomic mass is 32.2. The Kier molecular flexibility index (Phi) is 10.5. The molecule has 0 aromatic heterocycles. The summed E-state index contributed by atoms with van der Waals surface area (Å²) in [5.74, 6) is 1.52. The Balaban J connectivity index is 1.27. The predicted octanol–water partition coefficient (Wildman–Crippen LogP) is 3.22. The van der Waals surface area contributed by atoms with E-state index in [1.807, 2.05) is 14.1 Å². The molecule has 4 fully saturated rings. The predicted molar refractivity (Wildman–Crippen MR) is 163 cm³/mol. The highest BCUT2D eigenvalue weighted by molar-refractivity contribution is 7.85. The Bertz CT molecular complexity index is 1050. The molecule has 0 spiro atoms. The van der Waals surface area contributed by atoms with Crippen LogP contribution in [-0.4, -0.2) is 96.5 Å². The fourth-order valence-corrected chi connectivity index (χ4v) is 10.8. The van der Waals surface area contributed by atoms with E-state index < -0.39 is 16.2 Å². The Morgan fingerprint density at radius 2 is 1.69 bits per heavy atom. The van der Waals surface area contributed by atoms with Crippen molar-refractivity contribution in [1.29, 1.82) is 0 Å². The molecule has 0 aromatic carbocycles. The molecule has 244 valence electrons. The van der Waals surface area contributed by atoms with E-state index in [-0.39, 0.29) is 52.5 Å². The molecule has 0 bridgehead atoms. The molecule has 4 aliphatic carbocycles. The van der Waals surface area contributed by atoms with E-state index in [4.69, 9.17) is 4.55 Å². The van der Waals surface area contributed by atoms with Gasteiger partial charge in [-0.15, -0.1) is 0 Å². The molecular formula is C32H59N2O7S+. The molecule has 0 aliphatic heterocycles. The van der Waals surface area contributed by atoms with E-state index in [0.29, 0.717) is 48.2 Å². The van der Waals surface area contributed by atoms with Gasteiger partial charge in [-0.1, -0.05) is 20.8 Å². The first-order valence-electron chi connectivity index (χ1n) is 16.6. The second-order valence-electron chi connectivity index (χ2n) is 15.8. The second kappa shape index (κ2) is 12.9. The first-order chi connectivity index (χ1) is 19.5. The number of carbonyl (C=O) groups excluding carboxylic acids is 1. The van der Waals surface area contributed by atoms with Crippen LogP contribution >= 0.6 is 0 Å². The molecule has 0 unspecified atom stereocenters. The molecule has 9 nitrogen and oxygen atoms in total. The lowest BCUT2D eigenvalue weighted by Crippen LogP contribution is -2.62. The molecular weight excluding hydrogens is 556 g/mol. The summed E-state index contributed by atoms with van der Waals surface area (Å²) in [7, 11) is 0.114. The van der Waals surface area contributed by atoms with Crippen molar-refractivity contribution >= 4 is 16.0 Å². The zero-order chi connectivity index (χ0) is 31.1. The minimum atomic E-state index is -3.93. The largest absolute Gasteiger partial charge is 0.393 e. The van der Waals surface area contributed by atoms with Crippen LogP contribution in [0.5, 0.6) is 0 Å². The number of amides is 1. The third kappa shape index (κ3) is 7.20. The van der Waals surface area contributed by atoms with E-state index in [1.165, 1.54) is 0 Å². The van der Waals surface area contributed by atoms with E-state index in [2.05, 4.69) is 26.1 Å². The van der Waals surface area contributed by atoms with E-state index in [0.717, 1.165) is 64.3 Å². The van der Waals surface area contributed by atoms with Gasteiger partial charge in [0.2, 0.25) is 5.91 Å². The van der Waals surface area contributed by atoms with Crippen LogP contribution in [0.4, 0.5) is 0 Å². The second-order valence-corrected chi connectivity index (χ2v) is 17.3. The molecule has 0 saturated heterocycles. The highest BCUT2D eigenvalue weighted by Crippen LogP contribution is 2.68. The fourth-order valence-electron chi connectivity index (χ4n) is 10.3. The van der Waals surface area contributed by atoms with Crippen molar-refractivity contribution < 1.29 is 37.6 Å². The number of nitrogens with zero attached hydrogens (tertiary/aromatic N) is 1. The van der Waals surface area contributed by atoms with Crippen LogP contribution in [0.15, 0.2) is 0 Å². The van der Waals surface area contributed by atoms with Gasteiger partial charge in [0.15, 0.2) is 0 Å². The summed E-state index contributed by atoms with van der Waals surface area (Å²) in [4.78, 5) is 12.7. The van der Waals surface area contributed by atoms with Gasteiger partial charge in [0.1, 0.15) is 0 Å². The summed E-state index contributed by atoms with van der Waals surface area (Å²) >= 11 is 0. The van der Waals surface area contributed by atoms with Gasteiger partial charge in [0.25, 0.3) is 10.1 Å². The monoisotopic (exact) mass is 615 g/mol. The Morgan fingerprint density at radius 3 is 2.38 bits per heavy atom. The normalized spacial score (nSPS) is 41.0. The van der Waals surface area contributed by atoms with Crippen molar-refractivity contribution in [2.75, 3.05) is 39.5 Å². The molecule has 5 N–H and O–H groups in total. The maximum atomic E-state index is 12.7. The van der Waals surface area contributed by atoms with Crippen LogP contribution in [0.2, 0.25) is 0 Å². The molecule has 4 aliphatic rings. The summed E-state index contributed by atoms with van der Waals surface area (Å²) < 4.78 is 31.5. The van der Waals surface area contributed by atoms with Crippen molar-refractivity contribution in [2.45, 2.75) is 110 Å². The smallest absolute Gasteiger partial charge is 0.265 e. The van der Waals surface area contributed by atoms with E-state index in [1.54, 1.807) is 0 Å². The minimum absolute atomic E-state index is 0.0450. The number of rotatable bonds is 12. The number of aliphatic hydroxyl groups is 3. The summed E-state index contributed by atoms with van der Waals surface area (Å²) in [5, 5.41) is 36.6. The third-order valence-corrected chi connectivity index (χ3v) is 13.6. The molecule has 11 atom stereocenters. The summed E-state index contributed by atoms with van der Waals surface area (Å²) in [5.41, 5.74) is -0.185. The molecule has 42 heavy (non-hydrogen) atoms. The van der Waals surface area contributed by atoms with Gasteiger partial charge in [-0.25, -0.2) is 0 Å². The van der Waals surface area contributed by atoms with Crippen LogP contribution in [0.1, 0.15) is 91.4 Å². The molecule has 0 radical (unpaired) electrons. The lowest BCUT2D eigenvalue weighted by molar-refractivity contribution is -0.890. The Morgan fingerprint density at radius 1 is 1.00 bits per heavy atom. The highest BCUT2D eigenvalue weighted by Gasteiger charge is 2.65. The number of hydrogen-bond donors (Lipinski definition) is 5. The molecule has 1 amide bonds. The Labute approximate surface area is 254 Å². The molecule has 10 heteroatoms. The number of nitrogens with one attached hydrogen (secondary N) is 1. The van der Waals surface area contributed by atoms with Crippen molar-refractivity contribution in [1.82, 2.24) is 5.32 Å². The van der Waals surface area contributed by atoms with E-state index >= 15 is 0 Å². The SMILES string of the molecule is C[C@H](CCC(=O)NCCC[N+](C)(C)CCCS(=O)(=O)O)[C@H]1CC[C@H]2[C@@H]3[C@H](O)C[C@H]4C[C@@H](O)CC[C@]4(C)[C@H]3C[C@@H](O)[C@]12C. The van der Waals surface area contributed by atoms with Gasteiger partial charge in [0.05, 0.1) is 51.2 Å². The van der Waals surface area contributed by atoms with Crippen molar-refractivity contribution in [2.24, 2.45) is 46.3 Å². The Hall–Kier alpha value is -0.780. The maximum Gasteiger partial charge on any atom is 0.265 e. The number of fused-ring (bicyclic) bond motifs is 5. The van der Waals surface area contributed by atoms with Crippen LogP contribution < -0.4 is 5.32 Å². The third-order valence-electron chi connectivity index (χ3n) is 12.8. The average molecular weight is 616 g/mol. The van der Waals surface area contributed by atoms with Gasteiger partial charge in [0, 0.05) is 25.8 Å². The van der Waals surface area contributed by atoms with Crippen LogP contribution in [-0.2, 0) is 14.9 Å². The zero-order valence-electron chi connectivity index (χ0n) is 26.7. The van der Waals surface area contributed by atoms with Crippen molar-refractivity contribution in [3.05, 3.63) is 0 Å². The molecule has 4 saturated carbocycles. The summed E-state index contributed by atoms with van der Waals surface area (Å²) in [6.45, 7) is 8.87. The maximum absolute atomic E-state index is 12.7. The number of quaternary nitrogens is 1. The van der Waals surface area contributed by atoms with Gasteiger partial charge in [-0.3, -0.25) is 9.35 Å². The zero-order valence-corrected chi connectivity index (χ0v) is 27.5. The molecule has 0 aromatic rings. The standard InChI is InChI=1S/C32H58N2O7S/c1-21(8-11-29(38)33-14-6-15-34(4,5)16-7-17-42(39,40)41)24-9-10-25-30-26(20-28(37)32(24,25)3)31(2)13-12-23(35)18-22(31)19-27(30)36/h21-28,30,35-37H,6-20H2,1-5H3,(H-,33,38,39,40,41)/p+1/t21-,22-,23+,24-,25+,26+,27-,28-,30+,31+,32-/m1/s1. The van der Waals surface area contributed by atoms with Crippen molar-refractivity contribution in [3.8, 4) is 0 Å². The lowest BCUT2D eigenvalue weighted by Gasteiger charge is -2.63. The first-order valence-corrected chi connectivity index (χ1v) is 18.2. The lowest BCUT2D eigenvalue weighted by atomic mass is 9.43. The fraction of sp³-hybridized carbons (Fsp3) is 0.969. The summed E-state index contributed by atoms with van der Waals surface area (Å²) in [6.07, 6.45) is 7.47. The van der Waals surface area contributed by atoms with Crippen LogP contribution in [0.25, 0.3) is 0 Å². The topological polar surface area (TPSA) is 144 Å². The van der Waals surface area contributed by atoms with Gasteiger partial charge in [-0.05, 0) is 97.7 Å².